The lowest BCUT2D eigenvalue weighted by Gasteiger charge is -2.32. The van der Waals surface area contributed by atoms with Crippen molar-refractivity contribution in [3.8, 4) is 5.75 Å². The molecule has 2 aromatic rings. The number of ether oxygens (including phenoxy) is 1. The van der Waals surface area contributed by atoms with E-state index in [1.54, 1.807) is 23.1 Å². The van der Waals surface area contributed by atoms with Gasteiger partial charge in [-0.1, -0.05) is 18.2 Å². The fourth-order valence-electron chi connectivity index (χ4n) is 3.40. The fraction of sp³-hybridized carbons (Fsp3) is 0.333. The molecule has 1 aliphatic heterocycles. The zero-order valence-electron chi connectivity index (χ0n) is 16.9. The minimum Gasteiger partial charge on any atom is -0.495 e. The van der Waals surface area contributed by atoms with Crippen LogP contribution in [-0.4, -0.2) is 58.4 Å². The summed E-state index contributed by atoms with van der Waals surface area (Å²) in [5.74, 6) is -0.210. The van der Waals surface area contributed by atoms with E-state index in [0.29, 0.717) is 31.5 Å². The van der Waals surface area contributed by atoms with Crippen LogP contribution in [0.1, 0.15) is 33.6 Å². The molecule has 2 aromatic carbocycles. The highest BCUT2D eigenvalue weighted by atomic mass is 32.2. The summed E-state index contributed by atoms with van der Waals surface area (Å²) < 4.78 is 31.8. The average Bonchev–Trinajstić information content (AvgIpc) is 2.79. The van der Waals surface area contributed by atoms with Gasteiger partial charge < -0.3 is 15.0 Å². The largest absolute Gasteiger partial charge is 0.495 e. The third-order valence-electron chi connectivity index (χ3n) is 5.12. The van der Waals surface area contributed by atoms with E-state index in [4.69, 9.17) is 4.74 Å². The molecule has 3 rings (SSSR count). The van der Waals surface area contributed by atoms with Gasteiger partial charge in [0.2, 0.25) is 10.0 Å². The van der Waals surface area contributed by atoms with Gasteiger partial charge in [-0.15, -0.1) is 0 Å². The molecule has 0 spiro atoms. The summed E-state index contributed by atoms with van der Waals surface area (Å²) in [4.78, 5) is 26.8. The number of benzene rings is 2. The lowest BCUT2D eigenvalue weighted by molar-refractivity contribution is 0.0698. The van der Waals surface area contributed by atoms with Crippen LogP contribution in [-0.2, 0) is 10.0 Å². The van der Waals surface area contributed by atoms with Crippen LogP contribution in [0.3, 0.4) is 0 Å². The smallest absolute Gasteiger partial charge is 0.253 e. The van der Waals surface area contributed by atoms with Crippen LogP contribution in [0.4, 0.5) is 0 Å². The van der Waals surface area contributed by atoms with Gasteiger partial charge in [-0.3, -0.25) is 9.59 Å². The Balaban J connectivity index is 1.65. The van der Waals surface area contributed by atoms with E-state index in [9.17, 15) is 18.0 Å². The van der Waals surface area contributed by atoms with Crippen molar-refractivity contribution >= 4 is 21.8 Å². The van der Waals surface area contributed by atoms with Gasteiger partial charge in [-0.05, 0) is 50.2 Å². The molecule has 0 radical (unpaired) electrons. The van der Waals surface area contributed by atoms with Crippen LogP contribution in [0, 0.1) is 0 Å². The molecule has 2 amide bonds. The average molecular weight is 432 g/mol. The number of piperidine rings is 1. The Morgan fingerprint density at radius 3 is 2.30 bits per heavy atom. The van der Waals surface area contributed by atoms with Gasteiger partial charge in [0, 0.05) is 30.3 Å². The third-order valence-corrected chi connectivity index (χ3v) is 6.56. The van der Waals surface area contributed by atoms with E-state index < -0.39 is 10.0 Å². The summed E-state index contributed by atoms with van der Waals surface area (Å²) >= 11 is 0. The van der Waals surface area contributed by atoms with Crippen molar-refractivity contribution in [3.63, 3.8) is 0 Å². The second-order valence-corrected chi connectivity index (χ2v) is 8.83. The lowest BCUT2D eigenvalue weighted by atomic mass is 10.0. The monoisotopic (exact) mass is 431 g/mol. The first kappa shape index (κ1) is 21.8. The molecule has 0 aliphatic carbocycles. The molecule has 8 nitrogen and oxygen atoms in total. The van der Waals surface area contributed by atoms with E-state index in [1.807, 2.05) is 18.2 Å². The Hall–Kier alpha value is -2.91. The number of amides is 2. The first-order valence-corrected chi connectivity index (χ1v) is 11.1. The molecule has 0 bridgehead atoms. The molecule has 0 saturated carbocycles. The van der Waals surface area contributed by atoms with Gasteiger partial charge in [-0.2, -0.15) is 0 Å². The normalized spacial score (nSPS) is 14.9. The Labute approximate surface area is 176 Å². The highest BCUT2D eigenvalue weighted by Gasteiger charge is 2.27. The highest BCUT2D eigenvalue weighted by Crippen LogP contribution is 2.26. The molecule has 1 aliphatic rings. The number of likely N-dealkylation sites (tertiary alicyclic amines) is 1. The van der Waals surface area contributed by atoms with Crippen molar-refractivity contribution in [2.75, 3.05) is 27.2 Å². The summed E-state index contributed by atoms with van der Waals surface area (Å²) in [6.45, 7) is 0.942. The predicted octanol–water partition coefficient (Wildman–Crippen LogP) is 1.64. The van der Waals surface area contributed by atoms with Crippen molar-refractivity contribution < 1.29 is 22.7 Å². The summed E-state index contributed by atoms with van der Waals surface area (Å²) in [5, 5.41) is 3.01. The number of hydrogen-bond acceptors (Lipinski definition) is 5. The Morgan fingerprint density at radius 1 is 1.03 bits per heavy atom. The number of carbonyl (C=O) groups is 2. The number of nitrogens with zero attached hydrogens (tertiary/aromatic N) is 1. The van der Waals surface area contributed by atoms with Gasteiger partial charge >= 0.3 is 0 Å². The minimum atomic E-state index is -3.77. The third kappa shape index (κ3) is 4.80. The van der Waals surface area contributed by atoms with Crippen molar-refractivity contribution in [1.82, 2.24) is 14.9 Å². The molecule has 0 atom stereocenters. The number of carbonyl (C=O) groups excluding carboxylic acids is 2. The van der Waals surface area contributed by atoms with Gasteiger partial charge in [0.1, 0.15) is 10.6 Å². The summed E-state index contributed by atoms with van der Waals surface area (Å²) in [5.41, 5.74) is 0.879. The van der Waals surface area contributed by atoms with E-state index in [1.165, 1.54) is 26.3 Å². The van der Waals surface area contributed by atoms with Crippen molar-refractivity contribution in [2.24, 2.45) is 0 Å². The molecule has 1 fully saturated rings. The standard InChI is InChI=1S/C21H25N3O5S/c1-22-30(27,28)19-14-16(8-9-18(19)29-2)21(26)24-12-10-17(11-13-24)23-20(25)15-6-4-3-5-7-15/h3-9,14,17,22H,10-13H2,1-2H3,(H,23,25). The van der Waals surface area contributed by atoms with Crippen LogP contribution in [0.5, 0.6) is 5.75 Å². The van der Waals surface area contributed by atoms with E-state index in [0.717, 1.165) is 0 Å². The molecule has 1 saturated heterocycles. The number of hydrogen-bond donors (Lipinski definition) is 2. The molecule has 0 aromatic heterocycles. The van der Waals surface area contributed by atoms with E-state index >= 15 is 0 Å². The van der Waals surface area contributed by atoms with Crippen LogP contribution >= 0.6 is 0 Å². The van der Waals surface area contributed by atoms with Crippen molar-refractivity contribution in [3.05, 3.63) is 59.7 Å². The van der Waals surface area contributed by atoms with Gasteiger partial charge in [0.25, 0.3) is 11.8 Å². The molecular weight excluding hydrogens is 406 g/mol. The number of nitrogens with one attached hydrogen (secondary N) is 2. The Bertz CT molecular complexity index is 1020. The number of methoxy groups -OCH3 is 1. The molecule has 30 heavy (non-hydrogen) atoms. The molecule has 160 valence electrons. The van der Waals surface area contributed by atoms with Crippen molar-refractivity contribution in [2.45, 2.75) is 23.8 Å². The first-order chi connectivity index (χ1) is 14.4. The molecule has 9 heteroatoms. The molecule has 1 heterocycles. The zero-order valence-corrected chi connectivity index (χ0v) is 17.7. The lowest BCUT2D eigenvalue weighted by Crippen LogP contribution is -2.46. The number of rotatable bonds is 6. The van der Waals surface area contributed by atoms with Crippen LogP contribution in [0.25, 0.3) is 0 Å². The summed E-state index contributed by atoms with van der Waals surface area (Å²) in [6.07, 6.45) is 1.25. The maximum absolute atomic E-state index is 12.9. The quantitative estimate of drug-likeness (QED) is 0.724. The molecule has 2 N–H and O–H groups in total. The van der Waals surface area contributed by atoms with E-state index in [-0.39, 0.29) is 34.1 Å². The maximum atomic E-state index is 12.9. The van der Waals surface area contributed by atoms with E-state index in [2.05, 4.69) is 10.0 Å². The van der Waals surface area contributed by atoms with Crippen molar-refractivity contribution in [1.29, 1.82) is 0 Å². The predicted molar refractivity (Wildman–Crippen MR) is 112 cm³/mol. The molecule has 0 unspecified atom stereocenters. The second-order valence-electron chi connectivity index (χ2n) is 6.98. The highest BCUT2D eigenvalue weighted by molar-refractivity contribution is 7.89. The van der Waals surface area contributed by atoms with Gasteiger partial charge in [0.05, 0.1) is 7.11 Å². The van der Waals surface area contributed by atoms with Gasteiger partial charge in [-0.25, -0.2) is 13.1 Å². The summed E-state index contributed by atoms with van der Waals surface area (Å²) in [6, 6.07) is 13.3. The first-order valence-electron chi connectivity index (χ1n) is 9.62. The second kappa shape index (κ2) is 9.27. The van der Waals surface area contributed by atoms with Crippen LogP contribution in [0.2, 0.25) is 0 Å². The zero-order chi connectivity index (χ0) is 21.7. The van der Waals surface area contributed by atoms with Gasteiger partial charge in [0.15, 0.2) is 0 Å². The fourth-order valence-corrected chi connectivity index (χ4v) is 4.32. The molecular formula is C21H25N3O5S. The number of sulfonamides is 1. The minimum absolute atomic E-state index is 0.0159. The maximum Gasteiger partial charge on any atom is 0.253 e. The van der Waals surface area contributed by atoms with Crippen LogP contribution < -0.4 is 14.8 Å². The SMILES string of the molecule is CNS(=O)(=O)c1cc(C(=O)N2CCC(NC(=O)c3ccccc3)CC2)ccc1OC. The Morgan fingerprint density at radius 2 is 1.70 bits per heavy atom. The Kier molecular flexibility index (Phi) is 6.73. The topological polar surface area (TPSA) is 105 Å². The van der Waals surface area contributed by atoms with Crippen LogP contribution in [0.15, 0.2) is 53.4 Å². The summed E-state index contributed by atoms with van der Waals surface area (Å²) in [7, 11) is -1.09.